The molecule has 0 radical (unpaired) electrons. The Morgan fingerprint density at radius 2 is 2.08 bits per heavy atom. The molecule has 0 atom stereocenters. The van der Waals surface area contributed by atoms with Crippen molar-refractivity contribution in [2.45, 2.75) is 0 Å². The molecule has 6 heteroatoms. The van der Waals surface area contributed by atoms with E-state index in [0.29, 0.717) is 18.9 Å². The summed E-state index contributed by atoms with van der Waals surface area (Å²) in [5, 5.41) is 12.1. The van der Waals surface area contributed by atoms with Gasteiger partial charge in [0.2, 0.25) is 0 Å². The molecule has 0 aromatic heterocycles. The van der Waals surface area contributed by atoms with Crippen LogP contribution in [0.4, 0.5) is 0 Å². The van der Waals surface area contributed by atoms with Gasteiger partial charge in [0.05, 0.1) is 26.3 Å². The second-order valence-electron chi connectivity index (χ2n) is 5.71. The number of carbonyl (C=O) groups is 1. The number of nitrogens with one attached hydrogen (secondary N) is 2. The molecule has 1 aromatic rings. The van der Waals surface area contributed by atoms with Crippen LogP contribution in [-0.2, 0) is 9.53 Å². The predicted octanol–water partition coefficient (Wildman–Crippen LogP) is 0.190. The third-order valence-electron chi connectivity index (χ3n) is 3.89. The molecule has 0 bridgehead atoms. The summed E-state index contributed by atoms with van der Waals surface area (Å²) in [6.45, 7) is 8.85. The van der Waals surface area contributed by atoms with Crippen LogP contribution >= 0.6 is 0 Å². The molecule has 1 aliphatic rings. The van der Waals surface area contributed by atoms with E-state index in [1.807, 2.05) is 6.07 Å². The van der Waals surface area contributed by atoms with Crippen LogP contribution in [0.2, 0.25) is 0 Å². The molecule has 25 heavy (non-hydrogen) atoms. The van der Waals surface area contributed by atoms with Crippen LogP contribution in [0.5, 0.6) is 5.75 Å². The Hall–Kier alpha value is -2.62. The molecule has 1 saturated heterocycles. The molecule has 1 aromatic carbocycles. The molecule has 1 heterocycles. The molecule has 1 amide bonds. The minimum absolute atomic E-state index is 0.0942. The van der Waals surface area contributed by atoms with Crippen molar-refractivity contribution >= 4 is 12.0 Å². The fraction of sp³-hybridized carbons (Fsp3) is 0.368. The fourth-order valence-electron chi connectivity index (χ4n) is 2.49. The summed E-state index contributed by atoms with van der Waals surface area (Å²) in [4.78, 5) is 13.6. The topological polar surface area (TPSA) is 75.8 Å². The van der Waals surface area contributed by atoms with Gasteiger partial charge in [-0.1, -0.05) is 24.8 Å². The van der Waals surface area contributed by atoms with Crippen LogP contribution in [-0.4, -0.2) is 51.9 Å². The van der Waals surface area contributed by atoms with Gasteiger partial charge in [0, 0.05) is 0 Å². The van der Waals surface area contributed by atoms with Crippen molar-refractivity contribution < 1.29 is 19.2 Å². The smallest absolute Gasteiger partial charge is 0.262 e. The van der Waals surface area contributed by atoms with E-state index < -0.39 is 0 Å². The second kappa shape index (κ2) is 10.3. The standard InChI is InChI=1S/C19H23N3O3/c1-2-11-25-18-5-3-16(4-6-18)14-17(15-20)19(23)21-7-8-22-9-12-24-13-10-22/h2-6,14H,1,7-13H2,(H,21,23)/p+1/b17-14-. The van der Waals surface area contributed by atoms with Gasteiger partial charge in [0.15, 0.2) is 0 Å². The third-order valence-corrected chi connectivity index (χ3v) is 3.89. The minimum atomic E-state index is -0.345. The first-order valence-corrected chi connectivity index (χ1v) is 8.38. The first-order chi connectivity index (χ1) is 12.2. The van der Waals surface area contributed by atoms with Crippen molar-refractivity contribution in [1.29, 1.82) is 5.26 Å². The molecule has 1 fully saturated rings. The summed E-state index contributed by atoms with van der Waals surface area (Å²) >= 11 is 0. The third kappa shape index (κ3) is 6.42. The van der Waals surface area contributed by atoms with E-state index in [1.165, 1.54) is 4.90 Å². The van der Waals surface area contributed by atoms with Crippen LogP contribution in [0.3, 0.4) is 0 Å². The lowest BCUT2D eigenvalue weighted by Crippen LogP contribution is -3.14. The summed E-state index contributed by atoms with van der Waals surface area (Å²) in [7, 11) is 0. The average molecular weight is 342 g/mol. The van der Waals surface area contributed by atoms with Gasteiger partial charge in [-0.3, -0.25) is 4.79 Å². The Balaban J connectivity index is 1.86. The van der Waals surface area contributed by atoms with E-state index in [4.69, 9.17) is 9.47 Å². The number of hydrogen-bond donors (Lipinski definition) is 2. The maximum Gasteiger partial charge on any atom is 0.262 e. The Kier molecular flexibility index (Phi) is 7.70. The Bertz CT molecular complexity index is 641. The van der Waals surface area contributed by atoms with E-state index in [-0.39, 0.29) is 11.5 Å². The van der Waals surface area contributed by atoms with Gasteiger partial charge in [0.1, 0.15) is 37.1 Å². The summed E-state index contributed by atoms with van der Waals surface area (Å²) in [5.74, 6) is 0.371. The van der Waals surface area contributed by atoms with Crippen LogP contribution in [0.25, 0.3) is 6.08 Å². The van der Waals surface area contributed by atoms with Crippen molar-refractivity contribution in [3.8, 4) is 11.8 Å². The highest BCUT2D eigenvalue weighted by molar-refractivity contribution is 6.01. The molecule has 6 nitrogen and oxygen atoms in total. The number of nitriles is 1. The lowest BCUT2D eigenvalue weighted by atomic mass is 10.1. The monoisotopic (exact) mass is 342 g/mol. The molecule has 2 rings (SSSR count). The Morgan fingerprint density at radius 1 is 1.36 bits per heavy atom. The molecule has 132 valence electrons. The first kappa shape index (κ1) is 18.7. The van der Waals surface area contributed by atoms with Crippen molar-refractivity contribution in [2.24, 2.45) is 0 Å². The Morgan fingerprint density at radius 3 is 2.72 bits per heavy atom. The lowest BCUT2D eigenvalue weighted by molar-refractivity contribution is -0.906. The van der Waals surface area contributed by atoms with E-state index in [2.05, 4.69) is 11.9 Å². The van der Waals surface area contributed by atoms with Crippen LogP contribution in [0.15, 0.2) is 42.5 Å². The molecule has 0 spiro atoms. The van der Waals surface area contributed by atoms with Crippen molar-refractivity contribution in [3.05, 3.63) is 48.1 Å². The number of ether oxygens (including phenoxy) is 2. The van der Waals surface area contributed by atoms with Gasteiger partial charge in [-0.05, 0) is 23.8 Å². The Labute approximate surface area is 148 Å². The molecule has 2 N–H and O–H groups in total. The highest BCUT2D eigenvalue weighted by atomic mass is 16.5. The van der Waals surface area contributed by atoms with Gasteiger partial charge < -0.3 is 19.7 Å². The van der Waals surface area contributed by atoms with E-state index >= 15 is 0 Å². The fourth-order valence-corrected chi connectivity index (χ4v) is 2.49. The van der Waals surface area contributed by atoms with Crippen molar-refractivity contribution in [2.75, 3.05) is 46.0 Å². The van der Waals surface area contributed by atoms with E-state index in [1.54, 1.807) is 36.4 Å². The van der Waals surface area contributed by atoms with Gasteiger partial charge in [-0.25, -0.2) is 0 Å². The highest BCUT2D eigenvalue weighted by Gasteiger charge is 2.14. The quantitative estimate of drug-likeness (QED) is 0.402. The maximum atomic E-state index is 12.2. The van der Waals surface area contributed by atoms with Crippen LogP contribution in [0.1, 0.15) is 5.56 Å². The number of amides is 1. The zero-order chi connectivity index (χ0) is 17.9. The van der Waals surface area contributed by atoms with Gasteiger partial charge >= 0.3 is 0 Å². The number of quaternary nitrogens is 1. The summed E-state index contributed by atoms with van der Waals surface area (Å²) < 4.78 is 10.7. The van der Waals surface area contributed by atoms with E-state index in [9.17, 15) is 10.1 Å². The van der Waals surface area contributed by atoms with Crippen molar-refractivity contribution in [3.63, 3.8) is 0 Å². The summed E-state index contributed by atoms with van der Waals surface area (Å²) in [5.41, 5.74) is 0.869. The number of nitrogens with zero attached hydrogens (tertiary/aromatic N) is 1. The maximum absolute atomic E-state index is 12.2. The molecule has 0 unspecified atom stereocenters. The van der Waals surface area contributed by atoms with Gasteiger partial charge in [-0.2, -0.15) is 5.26 Å². The summed E-state index contributed by atoms with van der Waals surface area (Å²) in [6.07, 6.45) is 3.25. The molecular weight excluding hydrogens is 318 g/mol. The highest BCUT2D eigenvalue weighted by Crippen LogP contribution is 2.14. The SMILES string of the molecule is C=CCOc1ccc(/C=C(/C#N)C(=O)NCC[NH+]2CCOCC2)cc1. The predicted molar refractivity (Wildman–Crippen MR) is 95.1 cm³/mol. The summed E-state index contributed by atoms with van der Waals surface area (Å²) in [6, 6.07) is 9.17. The zero-order valence-corrected chi connectivity index (χ0v) is 14.3. The number of morpholine rings is 1. The van der Waals surface area contributed by atoms with Crippen molar-refractivity contribution in [1.82, 2.24) is 5.32 Å². The average Bonchev–Trinajstić information content (AvgIpc) is 2.66. The molecule has 1 aliphatic heterocycles. The first-order valence-electron chi connectivity index (χ1n) is 8.38. The molecule has 0 saturated carbocycles. The lowest BCUT2D eigenvalue weighted by Gasteiger charge is -2.23. The number of hydrogen-bond acceptors (Lipinski definition) is 4. The number of carbonyl (C=O) groups excluding carboxylic acids is 1. The normalized spacial score (nSPS) is 15.2. The van der Waals surface area contributed by atoms with Gasteiger partial charge in [-0.15, -0.1) is 0 Å². The van der Waals surface area contributed by atoms with Crippen LogP contribution in [0, 0.1) is 11.3 Å². The zero-order valence-electron chi connectivity index (χ0n) is 14.3. The molecule has 0 aliphatic carbocycles. The molecular formula is C19H24N3O3+. The largest absolute Gasteiger partial charge is 0.490 e. The number of benzene rings is 1. The number of rotatable bonds is 8. The second-order valence-corrected chi connectivity index (χ2v) is 5.71. The minimum Gasteiger partial charge on any atom is -0.490 e. The van der Waals surface area contributed by atoms with Gasteiger partial charge in [0.25, 0.3) is 5.91 Å². The van der Waals surface area contributed by atoms with Crippen LogP contribution < -0.4 is 15.0 Å². The van der Waals surface area contributed by atoms with E-state index in [0.717, 1.165) is 38.4 Å².